The van der Waals surface area contributed by atoms with Gasteiger partial charge in [0.15, 0.2) is 0 Å². The molecule has 0 aliphatic heterocycles. The molecule has 0 heterocycles. The molecule has 0 saturated carbocycles. The van der Waals surface area contributed by atoms with E-state index in [0.29, 0.717) is 23.0 Å². The van der Waals surface area contributed by atoms with E-state index in [2.05, 4.69) is 24.4 Å². The number of nitrogens with two attached hydrogens (primary N) is 6. The minimum absolute atomic E-state index is 0.475. The third kappa shape index (κ3) is 18.1. The Bertz CT molecular complexity index is 527. The van der Waals surface area contributed by atoms with Crippen LogP contribution in [0.1, 0.15) is 0 Å². The Morgan fingerprint density at radius 3 is 0.786 bits per heavy atom. The van der Waals surface area contributed by atoms with Gasteiger partial charge in [-0.3, -0.25) is 0 Å². The molecule has 0 radical (unpaired) electrons. The standard InChI is InChI=1S/C4H8N2S4.4CH2NS.4CH3.2Zn/c5-3(7)9-1-2-10-4(6)8;4*2-1-3;;;;;;/h1-2H2,(H2,5,7)(H2,6,8);4*(H2,2,3);4*1H3;;. The van der Waals surface area contributed by atoms with Crippen molar-refractivity contribution in [2.45, 2.75) is 22.1 Å². The average molecular weight is 644 g/mol. The zero-order chi connectivity index (χ0) is 23.3. The van der Waals surface area contributed by atoms with E-state index in [4.69, 9.17) is 83.3 Å². The normalized spacial score (nSPS) is 9.14. The van der Waals surface area contributed by atoms with E-state index in [1.54, 1.807) is 0 Å². The molecule has 16 heteroatoms. The molecular formula is C12H28N6S8Zn2. The summed E-state index contributed by atoms with van der Waals surface area (Å²) < 4.78 is 3.20. The summed E-state index contributed by atoms with van der Waals surface area (Å²) in [6.07, 6.45) is 0. The third-order valence-corrected chi connectivity index (χ3v) is 36.0. The van der Waals surface area contributed by atoms with Gasteiger partial charge in [-0.25, -0.2) is 0 Å². The molecule has 0 aromatic heterocycles. The topological polar surface area (TPSA) is 156 Å². The molecular weight excluding hydrogens is 615 g/mol. The minimum atomic E-state index is -2.62. The van der Waals surface area contributed by atoms with E-state index in [0.717, 1.165) is 11.5 Å². The molecule has 0 saturated heterocycles. The quantitative estimate of drug-likeness (QED) is 0.137. The van der Waals surface area contributed by atoms with E-state index in [-0.39, 0.29) is 0 Å². The van der Waals surface area contributed by atoms with Crippen molar-refractivity contribution in [1.82, 2.24) is 0 Å². The first-order valence-corrected chi connectivity index (χ1v) is 30.9. The van der Waals surface area contributed by atoms with Crippen LogP contribution in [0.25, 0.3) is 0 Å². The van der Waals surface area contributed by atoms with Crippen LogP contribution in [-0.2, 0) is 29.6 Å². The van der Waals surface area contributed by atoms with E-state index < -0.39 is 29.6 Å². The number of hydrogen-bond acceptors (Lipinski definition) is 8. The summed E-state index contributed by atoms with van der Waals surface area (Å²) in [6.45, 7) is 0. The van der Waals surface area contributed by atoms with Crippen molar-refractivity contribution in [2.75, 3.05) is 11.5 Å². The van der Waals surface area contributed by atoms with Crippen molar-refractivity contribution in [1.29, 1.82) is 0 Å². The predicted octanol–water partition coefficient (Wildman–Crippen LogP) is 2.39. The molecule has 0 fully saturated rings. The van der Waals surface area contributed by atoms with Crippen molar-refractivity contribution in [3.8, 4) is 0 Å². The van der Waals surface area contributed by atoms with Gasteiger partial charge in [0.2, 0.25) is 0 Å². The van der Waals surface area contributed by atoms with Gasteiger partial charge < -0.3 is 11.5 Å². The summed E-state index contributed by atoms with van der Waals surface area (Å²) in [5.74, 6) is 1.74. The first kappa shape index (κ1) is 33.9. The van der Waals surface area contributed by atoms with Crippen LogP contribution < -0.4 is 34.4 Å². The molecule has 0 aliphatic carbocycles. The summed E-state index contributed by atoms with van der Waals surface area (Å²) >= 11 is 26.2. The van der Waals surface area contributed by atoms with Crippen molar-refractivity contribution in [3.05, 3.63) is 0 Å². The summed E-state index contributed by atoms with van der Waals surface area (Å²) in [6, 6.07) is 0. The van der Waals surface area contributed by atoms with Crippen LogP contribution in [0.5, 0.6) is 0 Å². The molecule has 0 aromatic carbocycles. The van der Waals surface area contributed by atoms with Crippen LogP contribution >= 0.6 is 96.8 Å². The molecule has 6 nitrogen and oxygen atoms in total. The molecule has 0 amide bonds. The Morgan fingerprint density at radius 1 is 0.536 bits per heavy atom. The van der Waals surface area contributed by atoms with Gasteiger partial charge in [0.25, 0.3) is 0 Å². The Kier molecular flexibility index (Phi) is 20.5. The molecule has 0 bridgehead atoms. The SMILES string of the molecule is NC(=S)SCCSC(N)=S.[CH3][Zn]([CH3])([C](N)=S)[C](N)=S.[CH3][Zn]([CH3])([C](N)=S)[C](N)=S. The van der Waals surface area contributed by atoms with Crippen LogP contribution in [0.15, 0.2) is 0 Å². The summed E-state index contributed by atoms with van der Waals surface area (Å²) in [5, 5.41) is 0. The van der Waals surface area contributed by atoms with Crippen LogP contribution in [-0.4, -0.2) is 34.5 Å². The third-order valence-electron chi connectivity index (χ3n) is 4.06. The van der Waals surface area contributed by atoms with Gasteiger partial charge in [0.05, 0.1) is 0 Å². The Morgan fingerprint density at radius 2 is 0.714 bits per heavy atom. The second-order valence-electron chi connectivity index (χ2n) is 7.80. The summed E-state index contributed by atoms with van der Waals surface area (Å²) in [5.41, 5.74) is 40.3. The Hall–Kier alpha value is 1.29. The molecule has 28 heavy (non-hydrogen) atoms. The molecule has 0 aliphatic rings. The van der Waals surface area contributed by atoms with Crippen LogP contribution in [0, 0.1) is 0 Å². The summed E-state index contributed by atoms with van der Waals surface area (Å²) in [7, 11) is 0. The fourth-order valence-corrected chi connectivity index (χ4v) is 7.82. The zero-order valence-electron chi connectivity index (χ0n) is 16.6. The van der Waals surface area contributed by atoms with Gasteiger partial charge in [-0.05, 0) is 0 Å². The number of hydrogen-bond donors (Lipinski definition) is 6. The van der Waals surface area contributed by atoms with Crippen molar-refractivity contribution < 1.29 is 29.6 Å². The van der Waals surface area contributed by atoms with E-state index in [1.165, 1.54) is 23.5 Å². The number of thiocarbonyl (C=S) groups is 6. The first-order valence-electron chi connectivity index (χ1n) is 8.69. The Labute approximate surface area is 214 Å². The fraction of sp³-hybridized carbons (Fsp3) is 0.500. The molecule has 0 aromatic rings. The number of rotatable bonds is 7. The zero-order valence-corrected chi connectivity index (χ0v) is 29.0. The van der Waals surface area contributed by atoms with Gasteiger partial charge in [-0.1, -0.05) is 48.0 Å². The van der Waals surface area contributed by atoms with Crippen LogP contribution in [0.2, 0.25) is 22.1 Å². The van der Waals surface area contributed by atoms with E-state index in [9.17, 15) is 0 Å². The van der Waals surface area contributed by atoms with Gasteiger partial charge in [0, 0.05) is 11.5 Å². The molecule has 0 rings (SSSR count). The first-order chi connectivity index (χ1) is 12.4. The molecule has 158 valence electrons. The van der Waals surface area contributed by atoms with Gasteiger partial charge >= 0.3 is 138 Å². The summed E-state index contributed by atoms with van der Waals surface area (Å²) in [4.78, 5) is 0. The molecule has 0 atom stereocenters. The molecule has 0 spiro atoms. The van der Waals surface area contributed by atoms with Crippen LogP contribution in [0.3, 0.4) is 0 Å². The van der Waals surface area contributed by atoms with Crippen LogP contribution in [0.4, 0.5) is 0 Å². The number of thioether (sulfide) groups is 2. The van der Waals surface area contributed by atoms with Crippen molar-refractivity contribution >= 4 is 120 Å². The van der Waals surface area contributed by atoms with Crippen molar-refractivity contribution in [2.24, 2.45) is 34.4 Å². The molecule has 0 unspecified atom stereocenters. The fourth-order valence-electron chi connectivity index (χ4n) is 0.628. The Balaban J connectivity index is -0.000000336. The molecule has 12 N–H and O–H groups in total. The van der Waals surface area contributed by atoms with Crippen molar-refractivity contribution in [3.63, 3.8) is 0 Å². The monoisotopic (exact) mass is 640 g/mol. The predicted molar refractivity (Wildman–Crippen MR) is 149 cm³/mol. The second kappa shape index (κ2) is 16.9. The van der Waals surface area contributed by atoms with E-state index >= 15 is 0 Å². The van der Waals surface area contributed by atoms with Gasteiger partial charge in [-0.2, -0.15) is 0 Å². The maximum absolute atomic E-state index is 5.43. The van der Waals surface area contributed by atoms with Gasteiger partial charge in [-0.15, -0.1) is 0 Å². The average Bonchev–Trinajstić information content (AvgIpc) is 2.51. The maximum atomic E-state index is 5.43. The second-order valence-corrected chi connectivity index (χ2v) is 43.5. The van der Waals surface area contributed by atoms with E-state index in [1.807, 2.05) is 22.1 Å². The van der Waals surface area contributed by atoms with Gasteiger partial charge in [0.1, 0.15) is 8.64 Å².